The maximum Gasteiger partial charge on any atom is 0.225 e. The first kappa shape index (κ1) is 15.2. The Bertz CT molecular complexity index is 301. The molecule has 0 aromatic heterocycles. The summed E-state index contributed by atoms with van der Waals surface area (Å²) >= 11 is 0. The van der Waals surface area contributed by atoms with E-state index in [1.165, 1.54) is 5.57 Å². The molecule has 0 aromatic rings. The minimum Gasteiger partial charge on any atom is -0.391 e. The predicted molar refractivity (Wildman–Crippen MR) is 71.3 cm³/mol. The Morgan fingerprint density at radius 1 is 1.56 bits per heavy atom. The second-order valence-electron chi connectivity index (χ2n) is 5.01. The predicted octanol–water partition coefficient (Wildman–Crippen LogP) is 1.73. The average molecular weight is 255 g/mol. The quantitative estimate of drug-likeness (QED) is 0.735. The van der Waals surface area contributed by atoms with Crippen LogP contribution in [0.25, 0.3) is 0 Å². The summed E-state index contributed by atoms with van der Waals surface area (Å²) in [6.45, 7) is 5.31. The third-order valence-electron chi connectivity index (χ3n) is 3.35. The molecule has 0 bridgehead atoms. The van der Waals surface area contributed by atoms with E-state index in [0.717, 1.165) is 12.8 Å². The molecule has 1 amide bonds. The van der Waals surface area contributed by atoms with E-state index >= 15 is 0 Å². The number of ether oxygens (including phenoxy) is 1. The Balaban J connectivity index is 2.42. The van der Waals surface area contributed by atoms with Crippen LogP contribution < -0.4 is 0 Å². The van der Waals surface area contributed by atoms with Gasteiger partial charge in [-0.3, -0.25) is 4.79 Å². The van der Waals surface area contributed by atoms with Crippen molar-refractivity contribution in [2.75, 3.05) is 20.2 Å². The van der Waals surface area contributed by atoms with Gasteiger partial charge in [-0.25, -0.2) is 0 Å². The number of likely N-dealkylation sites (tertiary alicyclic amines) is 1. The van der Waals surface area contributed by atoms with Gasteiger partial charge in [-0.1, -0.05) is 18.6 Å². The van der Waals surface area contributed by atoms with Gasteiger partial charge in [0.15, 0.2) is 0 Å². The van der Waals surface area contributed by atoms with Crippen molar-refractivity contribution in [3.05, 3.63) is 11.6 Å². The van der Waals surface area contributed by atoms with Crippen molar-refractivity contribution in [1.82, 2.24) is 4.90 Å². The molecule has 4 heteroatoms. The van der Waals surface area contributed by atoms with Crippen LogP contribution >= 0.6 is 0 Å². The minimum absolute atomic E-state index is 0.0574. The van der Waals surface area contributed by atoms with Gasteiger partial charge in [0, 0.05) is 20.2 Å². The van der Waals surface area contributed by atoms with Gasteiger partial charge in [-0.15, -0.1) is 0 Å². The summed E-state index contributed by atoms with van der Waals surface area (Å²) in [4.78, 5) is 13.7. The van der Waals surface area contributed by atoms with Crippen LogP contribution in [0.4, 0.5) is 0 Å². The van der Waals surface area contributed by atoms with E-state index in [1.807, 2.05) is 0 Å². The van der Waals surface area contributed by atoms with Crippen LogP contribution in [0.5, 0.6) is 0 Å². The molecule has 2 atom stereocenters. The van der Waals surface area contributed by atoms with E-state index in [0.29, 0.717) is 25.9 Å². The lowest BCUT2D eigenvalue weighted by atomic mass is 10.1. The standard InChI is InChI=1S/C14H25NO3/c1-4-5-11(2)8-13(18-3)9-14(17)15-7-6-12(16)10-15/h5,12-13,16H,4,6-10H2,1-3H3/b11-5+. The zero-order chi connectivity index (χ0) is 13.5. The highest BCUT2D eigenvalue weighted by Crippen LogP contribution is 2.16. The number of rotatable bonds is 6. The van der Waals surface area contributed by atoms with Crippen molar-refractivity contribution in [2.45, 2.75) is 51.7 Å². The first-order valence-corrected chi connectivity index (χ1v) is 6.71. The second-order valence-corrected chi connectivity index (χ2v) is 5.01. The monoisotopic (exact) mass is 255 g/mol. The molecule has 1 rings (SSSR count). The number of nitrogens with zero attached hydrogens (tertiary/aromatic N) is 1. The second kappa shape index (κ2) is 7.54. The normalized spacial score (nSPS) is 22.3. The molecule has 0 radical (unpaired) electrons. The van der Waals surface area contributed by atoms with E-state index in [1.54, 1.807) is 12.0 Å². The first-order valence-electron chi connectivity index (χ1n) is 6.71. The highest BCUT2D eigenvalue weighted by molar-refractivity contribution is 5.77. The average Bonchev–Trinajstić information content (AvgIpc) is 2.75. The molecule has 1 heterocycles. The summed E-state index contributed by atoms with van der Waals surface area (Å²) in [5, 5.41) is 9.42. The molecule has 0 saturated carbocycles. The van der Waals surface area contributed by atoms with Crippen molar-refractivity contribution in [2.24, 2.45) is 0 Å². The molecule has 1 aliphatic heterocycles. The highest BCUT2D eigenvalue weighted by atomic mass is 16.5. The number of carbonyl (C=O) groups excluding carboxylic acids is 1. The zero-order valence-electron chi connectivity index (χ0n) is 11.7. The molecular weight excluding hydrogens is 230 g/mol. The van der Waals surface area contributed by atoms with E-state index < -0.39 is 0 Å². The maximum atomic E-state index is 12.0. The Morgan fingerprint density at radius 3 is 2.78 bits per heavy atom. The number of methoxy groups -OCH3 is 1. The summed E-state index contributed by atoms with van der Waals surface area (Å²) in [5.41, 5.74) is 1.26. The number of hydrogen-bond acceptors (Lipinski definition) is 3. The van der Waals surface area contributed by atoms with Gasteiger partial charge in [0.2, 0.25) is 5.91 Å². The van der Waals surface area contributed by atoms with Crippen LogP contribution in [0, 0.1) is 0 Å². The number of aliphatic hydroxyl groups excluding tert-OH is 1. The fourth-order valence-corrected chi connectivity index (χ4v) is 2.32. The van der Waals surface area contributed by atoms with Crippen LogP contribution in [0.15, 0.2) is 11.6 Å². The summed E-state index contributed by atoms with van der Waals surface area (Å²) in [6, 6.07) is 0. The molecule has 4 nitrogen and oxygen atoms in total. The number of aliphatic hydroxyl groups is 1. The van der Waals surface area contributed by atoms with Gasteiger partial charge in [-0.2, -0.15) is 0 Å². The molecule has 18 heavy (non-hydrogen) atoms. The number of amides is 1. The summed E-state index contributed by atoms with van der Waals surface area (Å²) in [6.07, 6.45) is 4.66. The van der Waals surface area contributed by atoms with Gasteiger partial charge >= 0.3 is 0 Å². The van der Waals surface area contributed by atoms with Gasteiger partial charge in [0.25, 0.3) is 0 Å². The Labute approximate surface area is 110 Å². The van der Waals surface area contributed by atoms with Crippen LogP contribution in [0.3, 0.4) is 0 Å². The molecule has 1 aliphatic rings. The van der Waals surface area contributed by atoms with Crippen molar-refractivity contribution in [1.29, 1.82) is 0 Å². The first-order chi connectivity index (χ1) is 8.56. The minimum atomic E-state index is -0.350. The summed E-state index contributed by atoms with van der Waals surface area (Å²) in [7, 11) is 1.65. The fourth-order valence-electron chi connectivity index (χ4n) is 2.32. The number of allylic oxidation sites excluding steroid dienone is 1. The fraction of sp³-hybridized carbons (Fsp3) is 0.786. The molecular formula is C14H25NO3. The smallest absolute Gasteiger partial charge is 0.225 e. The molecule has 0 aliphatic carbocycles. The highest BCUT2D eigenvalue weighted by Gasteiger charge is 2.26. The van der Waals surface area contributed by atoms with Crippen LogP contribution in [-0.2, 0) is 9.53 Å². The van der Waals surface area contributed by atoms with Crippen molar-refractivity contribution >= 4 is 5.91 Å². The Morgan fingerprint density at radius 2 is 2.28 bits per heavy atom. The van der Waals surface area contributed by atoms with Gasteiger partial charge in [0.05, 0.1) is 18.6 Å². The van der Waals surface area contributed by atoms with E-state index in [9.17, 15) is 9.90 Å². The van der Waals surface area contributed by atoms with E-state index in [2.05, 4.69) is 19.9 Å². The molecule has 104 valence electrons. The van der Waals surface area contributed by atoms with Crippen molar-refractivity contribution in [3.8, 4) is 0 Å². The lowest BCUT2D eigenvalue weighted by molar-refractivity contribution is -0.133. The lowest BCUT2D eigenvalue weighted by Gasteiger charge is -2.20. The third kappa shape index (κ3) is 4.78. The Kier molecular flexibility index (Phi) is 6.36. The van der Waals surface area contributed by atoms with E-state index in [4.69, 9.17) is 4.74 Å². The van der Waals surface area contributed by atoms with Crippen molar-refractivity contribution in [3.63, 3.8) is 0 Å². The van der Waals surface area contributed by atoms with Gasteiger partial charge < -0.3 is 14.7 Å². The van der Waals surface area contributed by atoms with Crippen LogP contribution in [-0.4, -0.2) is 48.3 Å². The lowest BCUT2D eigenvalue weighted by Crippen LogP contribution is -2.32. The number of hydrogen-bond donors (Lipinski definition) is 1. The van der Waals surface area contributed by atoms with Crippen molar-refractivity contribution < 1.29 is 14.6 Å². The topological polar surface area (TPSA) is 49.8 Å². The third-order valence-corrected chi connectivity index (χ3v) is 3.35. The molecule has 1 N–H and O–H groups in total. The van der Waals surface area contributed by atoms with Gasteiger partial charge in [0.1, 0.15) is 0 Å². The molecule has 1 fully saturated rings. The molecule has 0 aromatic carbocycles. The molecule has 0 spiro atoms. The Hall–Kier alpha value is -0.870. The van der Waals surface area contributed by atoms with E-state index in [-0.39, 0.29) is 18.1 Å². The zero-order valence-corrected chi connectivity index (χ0v) is 11.7. The largest absolute Gasteiger partial charge is 0.391 e. The van der Waals surface area contributed by atoms with Crippen LogP contribution in [0.2, 0.25) is 0 Å². The number of carbonyl (C=O) groups is 1. The SMILES string of the molecule is CC/C=C(\C)CC(CC(=O)N1CCC(O)C1)OC. The maximum absolute atomic E-state index is 12.0. The summed E-state index contributed by atoms with van der Waals surface area (Å²) in [5.74, 6) is 0.0858. The van der Waals surface area contributed by atoms with Gasteiger partial charge in [-0.05, 0) is 26.2 Å². The summed E-state index contributed by atoms with van der Waals surface area (Å²) < 4.78 is 5.37. The number of β-amino-alcohol motifs (C(OH)–C–C–N with tert-alkyl or cyclic N) is 1. The van der Waals surface area contributed by atoms with Crippen LogP contribution in [0.1, 0.15) is 39.5 Å². The molecule has 2 unspecified atom stereocenters. The molecule has 1 saturated heterocycles.